The van der Waals surface area contributed by atoms with Crippen molar-refractivity contribution in [1.29, 1.82) is 0 Å². The molecule has 1 aromatic carbocycles. The van der Waals surface area contributed by atoms with Crippen molar-refractivity contribution in [3.05, 3.63) is 24.0 Å². The standard InChI is InChI=1S/C8H7F4NO/c1-13-5-3-2-4-6(7(5)9)14-8(10,11)12/h2-4,13H,1H3. The molecule has 0 spiro atoms. The zero-order valence-corrected chi connectivity index (χ0v) is 7.15. The van der Waals surface area contributed by atoms with Crippen molar-refractivity contribution in [2.75, 3.05) is 12.4 Å². The second kappa shape index (κ2) is 3.73. The first-order valence-corrected chi connectivity index (χ1v) is 3.66. The summed E-state index contributed by atoms with van der Waals surface area (Å²) in [6, 6.07) is 3.47. The van der Waals surface area contributed by atoms with E-state index in [-0.39, 0.29) is 5.69 Å². The molecule has 6 heteroatoms. The van der Waals surface area contributed by atoms with E-state index in [1.165, 1.54) is 19.2 Å². The Morgan fingerprint density at radius 3 is 2.43 bits per heavy atom. The van der Waals surface area contributed by atoms with Crippen LogP contribution in [0.1, 0.15) is 0 Å². The van der Waals surface area contributed by atoms with Crippen molar-refractivity contribution in [2.24, 2.45) is 0 Å². The lowest BCUT2D eigenvalue weighted by Gasteiger charge is -2.11. The highest BCUT2D eigenvalue weighted by molar-refractivity contribution is 5.49. The molecule has 0 heterocycles. The van der Waals surface area contributed by atoms with E-state index in [1.807, 2.05) is 0 Å². The fourth-order valence-corrected chi connectivity index (χ4v) is 0.907. The first-order chi connectivity index (χ1) is 6.44. The van der Waals surface area contributed by atoms with Gasteiger partial charge < -0.3 is 10.1 Å². The summed E-state index contributed by atoms with van der Waals surface area (Å²) in [5.41, 5.74) is -0.0493. The van der Waals surface area contributed by atoms with Gasteiger partial charge in [-0.15, -0.1) is 13.2 Å². The van der Waals surface area contributed by atoms with Gasteiger partial charge in [0, 0.05) is 7.05 Å². The van der Waals surface area contributed by atoms with Crippen molar-refractivity contribution in [1.82, 2.24) is 0 Å². The Bertz CT molecular complexity index is 324. The molecule has 0 aliphatic heterocycles. The lowest BCUT2D eigenvalue weighted by molar-refractivity contribution is -0.275. The second-order valence-corrected chi connectivity index (χ2v) is 2.42. The molecule has 0 fully saturated rings. The molecule has 14 heavy (non-hydrogen) atoms. The third-order valence-corrected chi connectivity index (χ3v) is 1.46. The van der Waals surface area contributed by atoms with Crippen molar-refractivity contribution in [3.63, 3.8) is 0 Å². The van der Waals surface area contributed by atoms with Gasteiger partial charge in [0.05, 0.1) is 5.69 Å². The maximum absolute atomic E-state index is 13.1. The van der Waals surface area contributed by atoms with Gasteiger partial charge >= 0.3 is 6.36 Å². The van der Waals surface area contributed by atoms with E-state index in [0.29, 0.717) is 0 Å². The predicted octanol–water partition coefficient (Wildman–Crippen LogP) is 2.77. The van der Waals surface area contributed by atoms with Gasteiger partial charge in [0.25, 0.3) is 0 Å². The summed E-state index contributed by atoms with van der Waals surface area (Å²) in [5, 5.41) is 2.40. The molecule has 0 saturated carbocycles. The second-order valence-electron chi connectivity index (χ2n) is 2.42. The van der Waals surface area contributed by atoms with E-state index < -0.39 is 17.9 Å². The Morgan fingerprint density at radius 1 is 1.29 bits per heavy atom. The molecule has 0 aliphatic carbocycles. The molecule has 0 radical (unpaired) electrons. The van der Waals surface area contributed by atoms with Gasteiger partial charge in [-0.3, -0.25) is 0 Å². The SMILES string of the molecule is CNc1cccc(OC(F)(F)F)c1F. The van der Waals surface area contributed by atoms with Crippen LogP contribution < -0.4 is 10.1 Å². The fraction of sp³-hybridized carbons (Fsp3) is 0.250. The Morgan fingerprint density at radius 2 is 1.93 bits per heavy atom. The fourth-order valence-electron chi connectivity index (χ4n) is 0.907. The number of halogens is 4. The van der Waals surface area contributed by atoms with Gasteiger partial charge in [-0.05, 0) is 12.1 Å². The molecule has 1 N–H and O–H groups in total. The Labute approximate surface area is 77.5 Å². The van der Waals surface area contributed by atoms with Crippen LogP contribution in [0.2, 0.25) is 0 Å². The molecule has 0 aromatic heterocycles. The van der Waals surface area contributed by atoms with Gasteiger partial charge in [-0.2, -0.15) is 0 Å². The first-order valence-electron chi connectivity index (χ1n) is 3.66. The Kier molecular flexibility index (Phi) is 2.83. The largest absolute Gasteiger partial charge is 0.573 e. The van der Waals surface area contributed by atoms with Gasteiger partial charge in [0.2, 0.25) is 0 Å². The van der Waals surface area contributed by atoms with Crippen LogP contribution in [-0.2, 0) is 0 Å². The Balaban J connectivity index is 2.98. The van der Waals surface area contributed by atoms with E-state index in [4.69, 9.17) is 0 Å². The summed E-state index contributed by atoms with van der Waals surface area (Å²) >= 11 is 0. The zero-order chi connectivity index (χ0) is 10.8. The summed E-state index contributed by atoms with van der Waals surface area (Å²) < 4.78 is 51.8. The predicted molar refractivity (Wildman–Crippen MR) is 42.6 cm³/mol. The summed E-state index contributed by atoms with van der Waals surface area (Å²) in [5.74, 6) is -1.91. The maximum Gasteiger partial charge on any atom is 0.573 e. The van der Waals surface area contributed by atoms with Crippen LogP contribution in [0.4, 0.5) is 23.2 Å². The number of anilines is 1. The van der Waals surface area contributed by atoms with E-state index in [1.54, 1.807) is 0 Å². The summed E-state index contributed by atoms with van der Waals surface area (Å²) in [6.45, 7) is 0. The topological polar surface area (TPSA) is 21.3 Å². The molecule has 1 rings (SSSR count). The average Bonchev–Trinajstić information content (AvgIpc) is 2.06. The monoisotopic (exact) mass is 209 g/mol. The molecule has 0 saturated heterocycles. The van der Waals surface area contributed by atoms with Gasteiger partial charge in [0.1, 0.15) is 0 Å². The zero-order valence-electron chi connectivity index (χ0n) is 7.15. The van der Waals surface area contributed by atoms with Crippen molar-refractivity contribution < 1.29 is 22.3 Å². The minimum absolute atomic E-state index is 0.0493. The van der Waals surface area contributed by atoms with Gasteiger partial charge in [0.15, 0.2) is 11.6 Å². The lowest BCUT2D eigenvalue weighted by Crippen LogP contribution is -2.18. The highest BCUT2D eigenvalue weighted by Crippen LogP contribution is 2.29. The van der Waals surface area contributed by atoms with Crippen molar-refractivity contribution >= 4 is 5.69 Å². The highest BCUT2D eigenvalue weighted by atomic mass is 19.4. The van der Waals surface area contributed by atoms with Crippen LogP contribution in [0.15, 0.2) is 18.2 Å². The normalized spacial score (nSPS) is 11.2. The summed E-state index contributed by atoms with van der Waals surface area (Å²) in [6.07, 6.45) is -4.88. The molecule has 0 unspecified atom stereocenters. The number of hydrogen-bond acceptors (Lipinski definition) is 2. The lowest BCUT2D eigenvalue weighted by atomic mass is 10.3. The number of ether oxygens (including phenoxy) is 1. The smallest absolute Gasteiger partial charge is 0.403 e. The minimum Gasteiger partial charge on any atom is -0.403 e. The number of nitrogens with one attached hydrogen (secondary N) is 1. The number of alkyl halides is 3. The molecule has 2 nitrogen and oxygen atoms in total. The number of benzene rings is 1. The van der Waals surface area contributed by atoms with Crippen LogP contribution in [0.5, 0.6) is 5.75 Å². The van der Waals surface area contributed by atoms with Crippen LogP contribution in [0.3, 0.4) is 0 Å². The molecular weight excluding hydrogens is 202 g/mol. The molecule has 0 atom stereocenters. The van der Waals surface area contributed by atoms with Gasteiger partial charge in [-0.1, -0.05) is 6.07 Å². The minimum atomic E-state index is -4.88. The number of hydrogen-bond donors (Lipinski definition) is 1. The van der Waals surface area contributed by atoms with Crippen LogP contribution >= 0.6 is 0 Å². The third kappa shape index (κ3) is 2.51. The van der Waals surface area contributed by atoms with Crippen LogP contribution in [0.25, 0.3) is 0 Å². The molecule has 78 valence electrons. The molecule has 0 aliphatic rings. The summed E-state index contributed by atoms with van der Waals surface area (Å²) in [4.78, 5) is 0. The first kappa shape index (κ1) is 10.6. The quantitative estimate of drug-likeness (QED) is 0.756. The Hall–Kier alpha value is -1.46. The third-order valence-electron chi connectivity index (χ3n) is 1.46. The molecule has 0 bridgehead atoms. The number of rotatable bonds is 2. The van der Waals surface area contributed by atoms with Crippen molar-refractivity contribution in [3.8, 4) is 5.75 Å². The van der Waals surface area contributed by atoms with E-state index in [0.717, 1.165) is 6.07 Å². The average molecular weight is 209 g/mol. The van der Waals surface area contributed by atoms with Crippen LogP contribution in [-0.4, -0.2) is 13.4 Å². The molecule has 1 aromatic rings. The maximum atomic E-state index is 13.1. The van der Waals surface area contributed by atoms with Gasteiger partial charge in [-0.25, -0.2) is 4.39 Å². The van der Waals surface area contributed by atoms with E-state index in [9.17, 15) is 17.6 Å². The van der Waals surface area contributed by atoms with Crippen molar-refractivity contribution in [2.45, 2.75) is 6.36 Å². The van der Waals surface area contributed by atoms with Crippen LogP contribution in [0, 0.1) is 5.82 Å². The summed E-state index contributed by atoms with van der Waals surface area (Å²) in [7, 11) is 1.40. The highest BCUT2D eigenvalue weighted by Gasteiger charge is 2.32. The molecule has 0 amide bonds. The van der Waals surface area contributed by atoms with E-state index >= 15 is 0 Å². The van der Waals surface area contributed by atoms with E-state index in [2.05, 4.69) is 10.1 Å². The molecular formula is C8H7F4NO.